The molecule has 0 radical (unpaired) electrons. The summed E-state index contributed by atoms with van der Waals surface area (Å²) >= 11 is 6.38. The number of anilines is 2. The lowest BCUT2D eigenvalue weighted by atomic mass is 10.0. The van der Waals surface area contributed by atoms with E-state index < -0.39 is 79.1 Å². The van der Waals surface area contributed by atoms with Crippen LogP contribution in [0.4, 0.5) is 11.8 Å². The number of thioether (sulfide) groups is 1. The number of nitrogens with one attached hydrogen (secondary N) is 1. The van der Waals surface area contributed by atoms with Crippen molar-refractivity contribution < 1.29 is 42.7 Å². The number of aliphatic hydroxyl groups excluding tert-OH is 2. The van der Waals surface area contributed by atoms with Gasteiger partial charge in [0.15, 0.2) is 22.6 Å². The Hall–Kier alpha value is -2.59. The van der Waals surface area contributed by atoms with Gasteiger partial charge in [-0.05, 0) is 24.1 Å². The zero-order chi connectivity index (χ0) is 32.3. The van der Waals surface area contributed by atoms with Crippen molar-refractivity contribution in [3.63, 3.8) is 0 Å². The molecule has 246 valence electrons. The number of hydrogen-bond acceptors (Lipinski definition) is 17. The number of hydrogen-bond donors (Lipinski definition) is 7. The first kappa shape index (κ1) is 30.7. The third-order valence-electron chi connectivity index (χ3n) is 8.96. The number of fused-ring (bicyclic) bond motifs is 4. The molecule has 2 aliphatic heterocycles. The molecule has 4 fully saturated rings. The molecule has 4 aromatic heterocycles. The summed E-state index contributed by atoms with van der Waals surface area (Å²) in [5.74, 6) is -0.455. The lowest BCUT2D eigenvalue weighted by Crippen LogP contribution is -2.38. The van der Waals surface area contributed by atoms with Crippen LogP contribution in [-0.2, 0) is 34.5 Å². The van der Waals surface area contributed by atoms with Gasteiger partial charge >= 0.3 is 14.5 Å². The lowest BCUT2D eigenvalue weighted by molar-refractivity contribution is -0.0259. The maximum absolute atomic E-state index is 13.5. The molecule has 6 heterocycles. The topological polar surface area (TPSA) is 294 Å². The Morgan fingerprint density at radius 2 is 1.80 bits per heavy atom. The highest BCUT2D eigenvalue weighted by molar-refractivity contribution is 8.07. The van der Waals surface area contributed by atoms with Crippen LogP contribution < -0.4 is 17.0 Å². The second-order valence-electron chi connectivity index (χ2n) is 11.5. The number of nitrogens with two attached hydrogens (primary N) is 2. The van der Waals surface area contributed by atoms with Gasteiger partial charge in [-0.3, -0.25) is 23.4 Å². The second-order valence-corrected chi connectivity index (χ2v) is 17.1. The standard InChI is InChI=1S/C22H26N10O10P2S2/c23-16-9-17(26-4-25-16)31(5-27-9)11-7-1-22(7)3-40-43(36,37)41-14-12(33)8(2-39-44(38,45)42-15(22)13(11)34)46-20(14)32-6-28-10-18(32)29-21(24)30-19(10)35/h4-8,11-15,20,33-34H,1-3H2,(H,36,37)(H,38,45)(H2,23,25,26)(H3,24,29,30,35)/t7-,8-,11-,12-,13+,14-,15+,20-,22-,44?/m1/s1. The average molecular weight is 717 g/mol. The smallest absolute Gasteiger partial charge is 0.389 e. The number of aromatic nitrogens is 8. The molecule has 4 aliphatic rings. The van der Waals surface area contributed by atoms with Gasteiger partial charge in [-0.25, -0.2) is 24.5 Å². The Balaban J connectivity index is 1.14. The molecule has 2 bridgehead atoms. The molecule has 46 heavy (non-hydrogen) atoms. The molecule has 2 aliphatic carbocycles. The molecule has 11 atom stereocenters. The van der Waals surface area contributed by atoms with Gasteiger partial charge in [-0.15, -0.1) is 11.8 Å². The molecular formula is C22H26N10O10P2S2. The molecule has 2 saturated carbocycles. The molecule has 9 N–H and O–H groups in total. The van der Waals surface area contributed by atoms with Crippen molar-refractivity contribution in [1.29, 1.82) is 0 Å². The van der Waals surface area contributed by atoms with E-state index in [1.54, 1.807) is 4.57 Å². The third kappa shape index (κ3) is 4.74. The van der Waals surface area contributed by atoms with Crippen LogP contribution in [0.2, 0.25) is 0 Å². The van der Waals surface area contributed by atoms with Gasteiger partial charge in [0.05, 0.1) is 43.3 Å². The normalized spacial score (nSPS) is 41.0. The van der Waals surface area contributed by atoms with Crippen molar-refractivity contribution in [2.45, 2.75) is 47.5 Å². The Morgan fingerprint density at radius 1 is 1.04 bits per heavy atom. The SMILES string of the molecule is Nc1nc2c(ncn2[C@@H]2S[C@@H]3COP(O)(=S)O[C@H]4[C@@H](O)[C@H](n5cnc6c(N)ncnc65)[C@H]5C[C@@]54COP(=O)(O)O[C@@H]2[C@@H]3O)c(=O)[nH]1. The Morgan fingerprint density at radius 3 is 2.61 bits per heavy atom. The predicted molar refractivity (Wildman–Crippen MR) is 162 cm³/mol. The van der Waals surface area contributed by atoms with E-state index >= 15 is 0 Å². The van der Waals surface area contributed by atoms with E-state index in [4.69, 9.17) is 41.4 Å². The summed E-state index contributed by atoms with van der Waals surface area (Å²) in [4.78, 5) is 57.6. The van der Waals surface area contributed by atoms with Crippen molar-refractivity contribution >= 4 is 72.2 Å². The minimum Gasteiger partial charge on any atom is -0.389 e. The Labute approximate surface area is 266 Å². The molecule has 8 rings (SSSR count). The minimum atomic E-state index is -4.93. The number of aromatic amines is 1. The number of rotatable bonds is 2. The van der Waals surface area contributed by atoms with Gasteiger partial charge in [0.1, 0.15) is 35.5 Å². The van der Waals surface area contributed by atoms with Crippen LogP contribution in [-0.4, -0.2) is 102 Å². The van der Waals surface area contributed by atoms with Crippen molar-refractivity contribution in [1.82, 2.24) is 39.0 Å². The summed E-state index contributed by atoms with van der Waals surface area (Å²) in [5.41, 5.74) is 10.6. The van der Waals surface area contributed by atoms with E-state index in [1.807, 2.05) is 0 Å². The molecule has 0 aromatic carbocycles. The molecule has 4 aromatic rings. The van der Waals surface area contributed by atoms with E-state index in [0.717, 1.165) is 11.8 Å². The van der Waals surface area contributed by atoms with Crippen LogP contribution in [0.3, 0.4) is 0 Å². The molecule has 2 unspecified atom stereocenters. The van der Waals surface area contributed by atoms with Gasteiger partial charge < -0.3 is 45.1 Å². The van der Waals surface area contributed by atoms with Gasteiger partial charge in [0.2, 0.25) is 5.95 Å². The number of phosphoric acid groups is 1. The minimum absolute atomic E-state index is 0.0409. The quantitative estimate of drug-likeness (QED) is 0.124. The number of nitrogens with zero attached hydrogens (tertiary/aromatic N) is 7. The maximum atomic E-state index is 13.5. The zero-order valence-corrected chi connectivity index (χ0v) is 26.6. The fourth-order valence-electron chi connectivity index (χ4n) is 6.81. The fraction of sp³-hybridized carbons (Fsp3) is 0.545. The highest BCUT2D eigenvalue weighted by Gasteiger charge is 2.74. The van der Waals surface area contributed by atoms with Gasteiger partial charge in [-0.2, -0.15) is 4.98 Å². The lowest BCUT2D eigenvalue weighted by Gasteiger charge is -2.31. The molecule has 20 nitrogen and oxygen atoms in total. The first-order chi connectivity index (χ1) is 21.8. The molecular weight excluding hydrogens is 690 g/mol. The monoisotopic (exact) mass is 716 g/mol. The zero-order valence-electron chi connectivity index (χ0n) is 23.2. The number of aliphatic hydroxyl groups is 2. The summed E-state index contributed by atoms with van der Waals surface area (Å²) in [5, 5.41) is 20.9. The molecule has 1 spiro atoms. The van der Waals surface area contributed by atoms with Crippen LogP contribution in [0.15, 0.2) is 23.8 Å². The average Bonchev–Trinajstić information content (AvgIpc) is 3.26. The Bertz CT molecular complexity index is 2050. The van der Waals surface area contributed by atoms with E-state index in [1.165, 1.54) is 23.5 Å². The molecule has 2 saturated heterocycles. The summed E-state index contributed by atoms with van der Waals surface area (Å²) in [6, 6.07) is -0.717. The predicted octanol–water partition coefficient (Wildman–Crippen LogP) is -0.845. The summed E-state index contributed by atoms with van der Waals surface area (Å²) in [7, 11) is -4.93. The van der Waals surface area contributed by atoms with Gasteiger partial charge in [-0.1, -0.05) is 0 Å². The van der Waals surface area contributed by atoms with Crippen LogP contribution in [0, 0.1) is 11.3 Å². The van der Waals surface area contributed by atoms with Crippen LogP contribution in [0.5, 0.6) is 0 Å². The molecule has 24 heteroatoms. The van der Waals surface area contributed by atoms with Crippen LogP contribution in [0.1, 0.15) is 17.8 Å². The van der Waals surface area contributed by atoms with Crippen molar-refractivity contribution in [3.8, 4) is 0 Å². The van der Waals surface area contributed by atoms with Crippen LogP contribution >= 0.6 is 26.3 Å². The van der Waals surface area contributed by atoms with E-state index in [-0.39, 0.29) is 29.5 Å². The van der Waals surface area contributed by atoms with E-state index in [9.17, 15) is 29.4 Å². The first-order valence-electron chi connectivity index (χ1n) is 13.8. The van der Waals surface area contributed by atoms with Crippen LogP contribution in [0.25, 0.3) is 22.3 Å². The van der Waals surface area contributed by atoms with Gasteiger partial charge in [0, 0.05) is 5.41 Å². The first-order valence-corrected chi connectivity index (χ1v) is 18.8. The van der Waals surface area contributed by atoms with Crippen molar-refractivity contribution in [2.24, 2.45) is 11.3 Å². The summed E-state index contributed by atoms with van der Waals surface area (Å²) in [6.07, 6.45) is -1.06. The number of imidazole rings is 2. The summed E-state index contributed by atoms with van der Waals surface area (Å²) in [6.45, 7) is -4.93. The van der Waals surface area contributed by atoms with Crippen molar-refractivity contribution in [2.75, 3.05) is 24.7 Å². The van der Waals surface area contributed by atoms with E-state index in [2.05, 4.69) is 29.9 Å². The van der Waals surface area contributed by atoms with Gasteiger partial charge in [0.25, 0.3) is 5.56 Å². The largest absolute Gasteiger partial charge is 0.472 e. The van der Waals surface area contributed by atoms with E-state index in [0.29, 0.717) is 17.6 Å². The second kappa shape index (κ2) is 10.5. The highest BCUT2D eigenvalue weighted by Crippen LogP contribution is 2.72. The number of H-pyrrole nitrogens is 1. The number of phosphoric ester groups is 1. The van der Waals surface area contributed by atoms with Crippen molar-refractivity contribution in [3.05, 3.63) is 29.3 Å². The fourth-order valence-corrected chi connectivity index (χ4v) is 11.0. The Kier molecular flexibility index (Phi) is 6.98. The third-order valence-corrected chi connectivity index (χ3v) is 13.0. The number of nitrogen functional groups attached to an aromatic ring is 2. The summed E-state index contributed by atoms with van der Waals surface area (Å²) < 4.78 is 39.3. The molecule has 0 amide bonds. The maximum Gasteiger partial charge on any atom is 0.472 e. The highest BCUT2D eigenvalue weighted by atomic mass is 32.5.